The Kier molecular flexibility index (Phi) is 6.92. The van der Waals surface area contributed by atoms with Crippen LogP contribution in [0.3, 0.4) is 0 Å². The minimum atomic E-state index is -0.478. The molecule has 0 spiro atoms. The van der Waals surface area contributed by atoms with E-state index in [2.05, 4.69) is 5.32 Å². The minimum Gasteiger partial charge on any atom is -0.494 e. The number of anilines is 1. The zero-order valence-electron chi connectivity index (χ0n) is 16.0. The van der Waals surface area contributed by atoms with E-state index in [0.717, 1.165) is 16.0 Å². The number of thiophene rings is 1. The van der Waals surface area contributed by atoms with E-state index in [1.54, 1.807) is 24.1 Å². The molecule has 6 nitrogen and oxygen atoms in total. The maximum absolute atomic E-state index is 13.8. The Morgan fingerprint density at radius 3 is 2.56 bits per heavy atom. The summed E-state index contributed by atoms with van der Waals surface area (Å²) >= 11 is 1.34. The Morgan fingerprint density at radius 2 is 1.96 bits per heavy atom. The summed E-state index contributed by atoms with van der Waals surface area (Å²) in [5.41, 5.74) is 1.90. The highest BCUT2D eigenvalue weighted by Crippen LogP contribution is 2.32. The lowest BCUT2D eigenvalue weighted by atomic mass is 10.1. The molecule has 1 heterocycles. The van der Waals surface area contributed by atoms with Crippen LogP contribution in [0.4, 0.5) is 9.39 Å². The van der Waals surface area contributed by atoms with Crippen molar-refractivity contribution < 1.29 is 23.5 Å². The molecule has 0 fully saturated rings. The first kappa shape index (κ1) is 20.9. The van der Waals surface area contributed by atoms with Crippen LogP contribution >= 0.6 is 11.3 Å². The molecule has 27 heavy (non-hydrogen) atoms. The number of hydrogen-bond donors (Lipinski definition) is 1. The second-order valence-corrected chi connectivity index (χ2v) is 7.39. The molecule has 0 bridgehead atoms. The van der Waals surface area contributed by atoms with Crippen LogP contribution in [-0.4, -0.2) is 44.6 Å². The van der Waals surface area contributed by atoms with Crippen molar-refractivity contribution in [2.45, 2.75) is 20.4 Å². The lowest BCUT2D eigenvalue weighted by Gasteiger charge is -2.16. The molecule has 0 aliphatic rings. The molecule has 2 rings (SSSR count). The number of rotatable bonds is 7. The number of hydrogen-bond acceptors (Lipinski definition) is 6. The van der Waals surface area contributed by atoms with Gasteiger partial charge in [-0.3, -0.25) is 9.69 Å². The summed E-state index contributed by atoms with van der Waals surface area (Å²) in [6, 6.07) is 4.69. The number of amides is 1. The van der Waals surface area contributed by atoms with Gasteiger partial charge >= 0.3 is 5.97 Å². The molecule has 1 aromatic carbocycles. The number of methoxy groups -OCH3 is 2. The first-order chi connectivity index (χ1) is 12.8. The van der Waals surface area contributed by atoms with Crippen molar-refractivity contribution in [3.63, 3.8) is 0 Å². The van der Waals surface area contributed by atoms with Gasteiger partial charge in [-0.1, -0.05) is 6.07 Å². The Bertz CT molecular complexity index is 850. The molecule has 8 heteroatoms. The number of nitrogens with zero attached hydrogens (tertiary/aromatic N) is 1. The average Bonchev–Trinajstić information content (AvgIpc) is 2.87. The SMILES string of the molecule is COC(=O)c1c(NC(=O)CN(C)Cc2ccc(OC)c(F)c2)sc(C)c1C. The zero-order valence-corrected chi connectivity index (χ0v) is 16.8. The third kappa shape index (κ3) is 5.05. The number of carbonyl (C=O) groups is 2. The van der Waals surface area contributed by atoms with Gasteiger partial charge < -0.3 is 14.8 Å². The highest BCUT2D eigenvalue weighted by Gasteiger charge is 2.22. The monoisotopic (exact) mass is 394 g/mol. The fraction of sp³-hybridized carbons (Fsp3) is 0.368. The first-order valence-corrected chi connectivity index (χ1v) is 9.07. The number of halogens is 1. The van der Waals surface area contributed by atoms with Crippen molar-refractivity contribution in [2.24, 2.45) is 0 Å². The van der Waals surface area contributed by atoms with Gasteiger partial charge in [0.25, 0.3) is 0 Å². The second-order valence-electron chi connectivity index (χ2n) is 6.17. The van der Waals surface area contributed by atoms with Crippen LogP contribution in [0.5, 0.6) is 5.75 Å². The number of likely N-dealkylation sites (N-methyl/N-ethyl adjacent to an activating group) is 1. The van der Waals surface area contributed by atoms with Gasteiger partial charge in [-0.2, -0.15) is 0 Å². The third-order valence-corrected chi connectivity index (χ3v) is 5.23. The highest BCUT2D eigenvalue weighted by molar-refractivity contribution is 7.16. The average molecular weight is 394 g/mol. The van der Waals surface area contributed by atoms with Crippen molar-refractivity contribution in [3.8, 4) is 5.75 Å². The van der Waals surface area contributed by atoms with Crippen molar-refractivity contribution in [1.82, 2.24) is 4.90 Å². The van der Waals surface area contributed by atoms with Crippen molar-refractivity contribution in [2.75, 3.05) is 33.1 Å². The number of ether oxygens (including phenoxy) is 2. The summed E-state index contributed by atoms with van der Waals surface area (Å²) < 4.78 is 23.5. The van der Waals surface area contributed by atoms with Gasteiger partial charge in [-0.25, -0.2) is 9.18 Å². The lowest BCUT2D eigenvalue weighted by Crippen LogP contribution is -2.30. The van der Waals surface area contributed by atoms with Gasteiger partial charge in [0, 0.05) is 11.4 Å². The summed E-state index contributed by atoms with van der Waals surface area (Å²) in [5, 5.41) is 3.25. The second kappa shape index (κ2) is 8.96. The quantitative estimate of drug-likeness (QED) is 0.730. The molecular formula is C19H23FN2O4S. The fourth-order valence-electron chi connectivity index (χ4n) is 2.65. The minimum absolute atomic E-state index is 0.0876. The zero-order chi connectivity index (χ0) is 20.1. The van der Waals surface area contributed by atoms with Crippen LogP contribution in [0.1, 0.15) is 26.4 Å². The summed E-state index contributed by atoms with van der Waals surface area (Å²) in [7, 11) is 4.47. The normalized spacial score (nSPS) is 10.8. The predicted molar refractivity (Wildman–Crippen MR) is 103 cm³/mol. The summed E-state index contributed by atoms with van der Waals surface area (Å²) in [6.07, 6.45) is 0. The van der Waals surface area contributed by atoms with Crippen molar-refractivity contribution in [3.05, 3.63) is 45.6 Å². The van der Waals surface area contributed by atoms with Gasteiger partial charge in [0.2, 0.25) is 5.91 Å². The number of benzene rings is 1. The van der Waals surface area contributed by atoms with Crippen LogP contribution in [0.15, 0.2) is 18.2 Å². The Hall–Kier alpha value is -2.45. The first-order valence-electron chi connectivity index (χ1n) is 8.26. The maximum atomic E-state index is 13.8. The maximum Gasteiger partial charge on any atom is 0.341 e. The van der Waals surface area contributed by atoms with E-state index in [1.807, 2.05) is 13.8 Å². The Morgan fingerprint density at radius 1 is 1.26 bits per heavy atom. The number of carbonyl (C=O) groups excluding carboxylic acids is 2. The van der Waals surface area contributed by atoms with E-state index in [9.17, 15) is 14.0 Å². The van der Waals surface area contributed by atoms with E-state index in [-0.39, 0.29) is 18.2 Å². The number of esters is 1. The van der Waals surface area contributed by atoms with Gasteiger partial charge in [0.15, 0.2) is 11.6 Å². The summed E-state index contributed by atoms with van der Waals surface area (Å²) in [5.74, 6) is -1.01. The Labute approximate surface area is 161 Å². The summed E-state index contributed by atoms with van der Waals surface area (Å²) in [4.78, 5) is 27.0. The molecule has 0 unspecified atom stereocenters. The van der Waals surface area contributed by atoms with Gasteiger partial charge in [-0.15, -0.1) is 11.3 Å². The molecule has 2 aromatic rings. The largest absolute Gasteiger partial charge is 0.494 e. The standard InChI is InChI=1S/C19H23FN2O4S/c1-11-12(2)27-18(17(11)19(24)26-5)21-16(23)10-22(3)9-13-6-7-15(25-4)14(20)8-13/h6-8H,9-10H2,1-5H3,(H,21,23). The van der Waals surface area contributed by atoms with E-state index in [4.69, 9.17) is 9.47 Å². The van der Waals surface area contributed by atoms with Crippen LogP contribution < -0.4 is 10.1 Å². The number of aryl methyl sites for hydroxylation is 1. The lowest BCUT2D eigenvalue weighted by molar-refractivity contribution is -0.117. The molecule has 146 valence electrons. The molecule has 0 radical (unpaired) electrons. The molecule has 0 aliphatic carbocycles. The topological polar surface area (TPSA) is 67.9 Å². The van der Waals surface area contributed by atoms with Crippen molar-refractivity contribution >= 4 is 28.2 Å². The smallest absolute Gasteiger partial charge is 0.341 e. The Balaban J connectivity index is 2.02. The third-order valence-electron chi connectivity index (χ3n) is 4.11. The van der Waals surface area contributed by atoms with E-state index in [0.29, 0.717) is 17.1 Å². The fourth-order valence-corrected chi connectivity index (χ4v) is 3.71. The van der Waals surface area contributed by atoms with E-state index >= 15 is 0 Å². The van der Waals surface area contributed by atoms with E-state index in [1.165, 1.54) is 31.6 Å². The molecule has 1 aromatic heterocycles. The molecule has 0 saturated carbocycles. The highest BCUT2D eigenvalue weighted by atomic mass is 32.1. The number of nitrogens with one attached hydrogen (secondary N) is 1. The van der Waals surface area contributed by atoms with Gasteiger partial charge in [-0.05, 0) is 44.2 Å². The predicted octanol–water partition coefficient (Wildman–Crippen LogP) is 3.37. The van der Waals surface area contributed by atoms with Gasteiger partial charge in [0.05, 0.1) is 26.3 Å². The van der Waals surface area contributed by atoms with E-state index < -0.39 is 11.8 Å². The van der Waals surface area contributed by atoms with Crippen LogP contribution in [0, 0.1) is 19.7 Å². The molecule has 0 saturated heterocycles. The van der Waals surface area contributed by atoms with Crippen LogP contribution in [0.2, 0.25) is 0 Å². The molecule has 0 atom stereocenters. The van der Waals surface area contributed by atoms with Crippen molar-refractivity contribution in [1.29, 1.82) is 0 Å². The molecule has 1 amide bonds. The molecular weight excluding hydrogens is 371 g/mol. The molecule has 0 aliphatic heterocycles. The van der Waals surface area contributed by atoms with Gasteiger partial charge in [0.1, 0.15) is 5.00 Å². The van der Waals surface area contributed by atoms with Crippen LogP contribution in [-0.2, 0) is 16.1 Å². The molecule has 1 N–H and O–H groups in total. The summed E-state index contributed by atoms with van der Waals surface area (Å²) in [6.45, 7) is 4.18. The van der Waals surface area contributed by atoms with Crippen LogP contribution in [0.25, 0.3) is 0 Å².